The highest BCUT2D eigenvalue weighted by atomic mass is 32.2. The monoisotopic (exact) mass is 286 g/mol. The molecule has 2 nitrogen and oxygen atoms in total. The SMILES string of the molecule is c1ccc(CO[C@H]2CCO[C@H]2Sc2ccccc2)cc1. The maximum absolute atomic E-state index is 6.03. The van der Waals surface area contributed by atoms with Crippen LogP contribution in [0.4, 0.5) is 0 Å². The van der Waals surface area contributed by atoms with Crippen molar-refractivity contribution >= 4 is 11.8 Å². The first-order chi connectivity index (χ1) is 9.92. The Labute approximate surface area is 124 Å². The van der Waals surface area contributed by atoms with Gasteiger partial charge in [-0.25, -0.2) is 0 Å². The lowest BCUT2D eigenvalue weighted by molar-refractivity contribution is 0.0187. The van der Waals surface area contributed by atoms with Crippen molar-refractivity contribution in [3.05, 3.63) is 66.2 Å². The molecule has 1 fully saturated rings. The normalized spacial score (nSPS) is 22.0. The Balaban J connectivity index is 1.56. The van der Waals surface area contributed by atoms with E-state index in [1.165, 1.54) is 10.5 Å². The highest BCUT2D eigenvalue weighted by Crippen LogP contribution is 2.32. The van der Waals surface area contributed by atoms with Crippen molar-refractivity contribution in [2.75, 3.05) is 6.61 Å². The Morgan fingerprint density at radius 3 is 2.45 bits per heavy atom. The number of benzene rings is 2. The van der Waals surface area contributed by atoms with E-state index >= 15 is 0 Å². The number of hydrogen-bond acceptors (Lipinski definition) is 3. The van der Waals surface area contributed by atoms with Crippen LogP contribution in [0.15, 0.2) is 65.6 Å². The van der Waals surface area contributed by atoms with Crippen molar-refractivity contribution in [2.24, 2.45) is 0 Å². The number of thioether (sulfide) groups is 1. The van der Waals surface area contributed by atoms with Gasteiger partial charge in [0, 0.05) is 11.3 Å². The summed E-state index contributed by atoms with van der Waals surface area (Å²) in [5.41, 5.74) is 1.31. The van der Waals surface area contributed by atoms with E-state index < -0.39 is 0 Å². The predicted molar refractivity (Wildman–Crippen MR) is 81.7 cm³/mol. The molecule has 0 aliphatic carbocycles. The van der Waals surface area contributed by atoms with Crippen LogP contribution in [0.3, 0.4) is 0 Å². The van der Waals surface area contributed by atoms with E-state index in [1.54, 1.807) is 11.8 Å². The van der Waals surface area contributed by atoms with E-state index in [9.17, 15) is 0 Å². The van der Waals surface area contributed by atoms with Gasteiger partial charge >= 0.3 is 0 Å². The summed E-state index contributed by atoms with van der Waals surface area (Å²) in [6, 6.07) is 20.7. The molecule has 0 bridgehead atoms. The molecule has 1 aliphatic rings. The summed E-state index contributed by atoms with van der Waals surface area (Å²) in [4.78, 5) is 1.23. The molecule has 0 N–H and O–H groups in total. The Kier molecular flexibility index (Phi) is 4.74. The number of ether oxygens (including phenoxy) is 2. The van der Waals surface area contributed by atoms with Gasteiger partial charge in [0.15, 0.2) is 0 Å². The molecule has 1 heterocycles. The number of rotatable bonds is 5. The van der Waals surface area contributed by atoms with Crippen LogP contribution in [0.25, 0.3) is 0 Å². The fourth-order valence-corrected chi connectivity index (χ4v) is 3.34. The van der Waals surface area contributed by atoms with E-state index in [0.29, 0.717) is 6.61 Å². The second-order valence-electron chi connectivity index (χ2n) is 4.79. The fraction of sp³-hybridized carbons (Fsp3) is 0.294. The molecule has 0 amide bonds. The van der Waals surface area contributed by atoms with E-state index in [-0.39, 0.29) is 11.5 Å². The molecule has 0 aromatic heterocycles. The average molecular weight is 286 g/mol. The molecule has 2 aromatic rings. The predicted octanol–water partition coefficient (Wildman–Crippen LogP) is 4.11. The summed E-state index contributed by atoms with van der Waals surface area (Å²) in [5.74, 6) is 0. The zero-order valence-electron chi connectivity index (χ0n) is 11.3. The van der Waals surface area contributed by atoms with Gasteiger partial charge in [-0.2, -0.15) is 0 Å². The quantitative estimate of drug-likeness (QED) is 0.824. The molecule has 0 radical (unpaired) electrons. The first-order valence-corrected chi connectivity index (χ1v) is 7.78. The Morgan fingerprint density at radius 1 is 1.00 bits per heavy atom. The second kappa shape index (κ2) is 6.93. The van der Waals surface area contributed by atoms with Crippen LogP contribution in [0, 0.1) is 0 Å². The summed E-state index contributed by atoms with van der Waals surface area (Å²) in [5, 5.41) is 0. The van der Waals surface area contributed by atoms with Crippen molar-refractivity contribution in [3.8, 4) is 0 Å². The molecule has 20 heavy (non-hydrogen) atoms. The highest BCUT2D eigenvalue weighted by Gasteiger charge is 2.29. The standard InChI is InChI=1S/C17H18O2S/c1-3-7-14(8-4-1)13-19-16-11-12-18-17(16)20-15-9-5-2-6-10-15/h1-10,16-17H,11-13H2/t16-,17-/m0/s1. The van der Waals surface area contributed by atoms with E-state index in [2.05, 4.69) is 36.4 Å². The van der Waals surface area contributed by atoms with Crippen LogP contribution in [-0.4, -0.2) is 18.1 Å². The third-order valence-corrected chi connectivity index (χ3v) is 4.51. The smallest absolute Gasteiger partial charge is 0.133 e. The molecule has 1 aliphatic heterocycles. The summed E-state index contributed by atoms with van der Waals surface area (Å²) in [7, 11) is 0. The summed E-state index contributed by atoms with van der Waals surface area (Å²) in [6.45, 7) is 1.44. The van der Waals surface area contributed by atoms with Crippen molar-refractivity contribution < 1.29 is 9.47 Å². The third-order valence-electron chi connectivity index (χ3n) is 3.29. The Morgan fingerprint density at radius 2 is 1.70 bits per heavy atom. The minimum Gasteiger partial charge on any atom is -0.370 e. The van der Waals surface area contributed by atoms with Gasteiger partial charge in [0.1, 0.15) is 5.44 Å². The van der Waals surface area contributed by atoms with E-state index in [1.807, 2.05) is 24.3 Å². The minimum absolute atomic E-state index is 0.0983. The van der Waals surface area contributed by atoms with Crippen LogP contribution in [0.1, 0.15) is 12.0 Å². The van der Waals surface area contributed by atoms with Gasteiger partial charge < -0.3 is 9.47 Å². The maximum atomic E-state index is 6.03. The summed E-state index contributed by atoms with van der Waals surface area (Å²) < 4.78 is 11.8. The van der Waals surface area contributed by atoms with Crippen molar-refractivity contribution in [3.63, 3.8) is 0 Å². The third kappa shape index (κ3) is 3.63. The molecule has 1 saturated heterocycles. The van der Waals surface area contributed by atoms with Crippen LogP contribution in [-0.2, 0) is 16.1 Å². The largest absolute Gasteiger partial charge is 0.370 e. The molecule has 2 atom stereocenters. The first kappa shape index (κ1) is 13.7. The van der Waals surface area contributed by atoms with Crippen molar-refractivity contribution in [2.45, 2.75) is 29.5 Å². The van der Waals surface area contributed by atoms with Gasteiger partial charge in [-0.05, 0) is 17.7 Å². The summed E-state index contributed by atoms with van der Waals surface area (Å²) >= 11 is 1.75. The lowest BCUT2D eigenvalue weighted by atomic mass is 10.2. The Bertz CT molecular complexity index is 515. The molecule has 104 valence electrons. The van der Waals surface area contributed by atoms with Crippen LogP contribution in [0.2, 0.25) is 0 Å². The second-order valence-corrected chi connectivity index (χ2v) is 5.97. The topological polar surface area (TPSA) is 18.5 Å². The van der Waals surface area contributed by atoms with E-state index in [4.69, 9.17) is 9.47 Å². The molecule has 3 rings (SSSR count). The van der Waals surface area contributed by atoms with Crippen LogP contribution in [0.5, 0.6) is 0 Å². The minimum atomic E-state index is 0.0983. The lowest BCUT2D eigenvalue weighted by Crippen LogP contribution is -2.21. The average Bonchev–Trinajstić information content (AvgIpc) is 2.94. The number of hydrogen-bond donors (Lipinski definition) is 0. The van der Waals surface area contributed by atoms with Gasteiger partial charge in [0.2, 0.25) is 0 Å². The molecule has 0 saturated carbocycles. The van der Waals surface area contributed by atoms with Crippen LogP contribution < -0.4 is 0 Å². The van der Waals surface area contributed by atoms with Gasteiger partial charge in [-0.15, -0.1) is 0 Å². The molecular formula is C17H18O2S. The van der Waals surface area contributed by atoms with Gasteiger partial charge in [0.25, 0.3) is 0 Å². The molecule has 0 spiro atoms. The molecule has 2 aromatic carbocycles. The van der Waals surface area contributed by atoms with Crippen molar-refractivity contribution in [1.82, 2.24) is 0 Å². The molecule has 3 heteroatoms. The van der Waals surface area contributed by atoms with Crippen molar-refractivity contribution in [1.29, 1.82) is 0 Å². The molecule has 0 unspecified atom stereocenters. The Hall–Kier alpha value is -1.29. The lowest BCUT2D eigenvalue weighted by Gasteiger charge is -2.18. The molecular weight excluding hydrogens is 268 g/mol. The zero-order chi connectivity index (χ0) is 13.6. The van der Waals surface area contributed by atoms with E-state index in [0.717, 1.165) is 13.0 Å². The van der Waals surface area contributed by atoms with Crippen LogP contribution >= 0.6 is 11.8 Å². The first-order valence-electron chi connectivity index (χ1n) is 6.91. The van der Waals surface area contributed by atoms with Gasteiger partial charge in [-0.1, -0.05) is 60.3 Å². The maximum Gasteiger partial charge on any atom is 0.133 e. The summed E-state index contributed by atoms with van der Waals surface area (Å²) in [6.07, 6.45) is 1.14. The fourth-order valence-electron chi connectivity index (χ4n) is 2.23. The van der Waals surface area contributed by atoms with Gasteiger partial charge in [0.05, 0.1) is 19.3 Å². The highest BCUT2D eigenvalue weighted by molar-refractivity contribution is 7.99. The zero-order valence-corrected chi connectivity index (χ0v) is 12.1. The van der Waals surface area contributed by atoms with Gasteiger partial charge in [-0.3, -0.25) is 0 Å².